The lowest BCUT2D eigenvalue weighted by atomic mass is 10.1. The molecule has 2 rings (SSSR count). The molecule has 0 atom stereocenters. The predicted octanol–water partition coefficient (Wildman–Crippen LogP) is 1.62. The van der Waals surface area contributed by atoms with Crippen LogP contribution in [0.25, 0.3) is 0 Å². The van der Waals surface area contributed by atoms with E-state index in [1.165, 1.54) is 12.8 Å². The summed E-state index contributed by atoms with van der Waals surface area (Å²) >= 11 is 0. The Labute approximate surface area is 83.5 Å². The van der Waals surface area contributed by atoms with Gasteiger partial charge in [-0.15, -0.1) is 0 Å². The Hall–Kier alpha value is -1.51. The van der Waals surface area contributed by atoms with Gasteiger partial charge in [0.25, 0.3) is 5.91 Å². The molecule has 0 unspecified atom stereocenters. The van der Waals surface area contributed by atoms with Crippen LogP contribution in [0, 0.1) is 0 Å². The molecule has 0 heterocycles. The van der Waals surface area contributed by atoms with Gasteiger partial charge in [-0.3, -0.25) is 4.79 Å². The molecule has 0 bridgehead atoms. The average Bonchev–Trinajstić information content (AvgIpc) is 3.01. The van der Waals surface area contributed by atoms with Crippen LogP contribution < -0.4 is 10.6 Å². The topological polar surface area (TPSA) is 41.1 Å². The first-order valence-electron chi connectivity index (χ1n) is 4.89. The van der Waals surface area contributed by atoms with Gasteiger partial charge in [0.2, 0.25) is 0 Å². The normalized spacial score (nSPS) is 14.9. The van der Waals surface area contributed by atoms with E-state index in [0.29, 0.717) is 6.04 Å². The minimum atomic E-state index is -0.0336. The monoisotopic (exact) mass is 190 g/mol. The van der Waals surface area contributed by atoms with Gasteiger partial charge in [-0.05, 0) is 25.0 Å². The second kappa shape index (κ2) is 3.70. The lowest BCUT2D eigenvalue weighted by molar-refractivity contribution is 0.0964. The van der Waals surface area contributed by atoms with E-state index in [2.05, 4.69) is 10.6 Å². The largest absolute Gasteiger partial charge is 0.382 e. The van der Waals surface area contributed by atoms with Gasteiger partial charge in [0, 0.05) is 18.8 Å². The highest BCUT2D eigenvalue weighted by Crippen LogP contribution is 2.26. The lowest BCUT2D eigenvalue weighted by Crippen LogP contribution is -2.19. The Bertz CT molecular complexity index is 345. The van der Waals surface area contributed by atoms with Crippen molar-refractivity contribution in [2.75, 3.05) is 12.4 Å². The Balaban J connectivity index is 2.22. The summed E-state index contributed by atoms with van der Waals surface area (Å²) < 4.78 is 0. The zero-order chi connectivity index (χ0) is 9.97. The molecule has 0 saturated heterocycles. The van der Waals surface area contributed by atoms with E-state index >= 15 is 0 Å². The van der Waals surface area contributed by atoms with Crippen LogP contribution in [0.15, 0.2) is 24.3 Å². The molecule has 1 aliphatic rings. The number of hydrogen-bond acceptors (Lipinski definition) is 2. The maximum atomic E-state index is 11.5. The Morgan fingerprint density at radius 2 is 2.07 bits per heavy atom. The standard InChI is InChI=1S/C11H14N2O/c1-12-11(14)9-4-2-3-5-10(9)13-8-6-7-8/h2-5,8,13H,6-7H2,1H3,(H,12,14). The van der Waals surface area contributed by atoms with Gasteiger partial charge in [-0.1, -0.05) is 12.1 Å². The van der Waals surface area contributed by atoms with Crippen molar-refractivity contribution in [3.63, 3.8) is 0 Å². The third-order valence-corrected chi connectivity index (χ3v) is 2.34. The third-order valence-electron chi connectivity index (χ3n) is 2.34. The van der Waals surface area contributed by atoms with Crippen LogP contribution >= 0.6 is 0 Å². The van der Waals surface area contributed by atoms with Gasteiger partial charge >= 0.3 is 0 Å². The van der Waals surface area contributed by atoms with E-state index < -0.39 is 0 Å². The van der Waals surface area contributed by atoms with Crippen molar-refractivity contribution in [2.45, 2.75) is 18.9 Å². The summed E-state index contributed by atoms with van der Waals surface area (Å²) in [6.07, 6.45) is 2.42. The van der Waals surface area contributed by atoms with Crippen molar-refractivity contribution in [1.29, 1.82) is 0 Å². The fourth-order valence-corrected chi connectivity index (χ4v) is 1.39. The molecular weight excluding hydrogens is 176 g/mol. The van der Waals surface area contributed by atoms with Gasteiger partial charge in [0.1, 0.15) is 0 Å². The van der Waals surface area contributed by atoms with Gasteiger partial charge in [0.05, 0.1) is 5.56 Å². The van der Waals surface area contributed by atoms with Gasteiger partial charge in [-0.2, -0.15) is 0 Å². The minimum absolute atomic E-state index is 0.0336. The molecule has 0 radical (unpaired) electrons. The molecule has 14 heavy (non-hydrogen) atoms. The molecule has 1 amide bonds. The number of benzene rings is 1. The van der Waals surface area contributed by atoms with Crippen LogP contribution in [0.4, 0.5) is 5.69 Å². The summed E-state index contributed by atoms with van der Waals surface area (Å²) in [7, 11) is 1.65. The first kappa shape index (κ1) is 9.06. The summed E-state index contributed by atoms with van der Waals surface area (Å²) in [6.45, 7) is 0. The van der Waals surface area contributed by atoms with E-state index in [1.54, 1.807) is 7.05 Å². The molecule has 1 aromatic rings. The molecule has 74 valence electrons. The molecule has 0 aromatic heterocycles. The van der Waals surface area contributed by atoms with E-state index in [1.807, 2.05) is 24.3 Å². The van der Waals surface area contributed by atoms with Gasteiger partial charge in [0.15, 0.2) is 0 Å². The number of rotatable bonds is 3. The maximum absolute atomic E-state index is 11.5. The van der Waals surface area contributed by atoms with E-state index in [0.717, 1.165) is 11.3 Å². The molecule has 3 heteroatoms. The smallest absolute Gasteiger partial charge is 0.253 e. The molecule has 1 saturated carbocycles. The Morgan fingerprint density at radius 1 is 1.36 bits per heavy atom. The van der Waals surface area contributed by atoms with Crippen LogP contribution in [0.3, 0.4) is 0 Å². The van der Waals surface area contributed by atoms with Crippen molar-refractivity contribution in [1.82, 2.24) is 5.32 Å². The average molecular weight is 190 g/mol. The number of carbonyl (C=O) groups excluding carboxylic acids is 1. The number of amides is 1. The van der Waals surface area contributed by atoms with Crippen LogP contribution in [0.5, 0.6) is 0 Å². The van der Waals surface area contributed by atoms with Crippen LogP contribution in [-0.4, -0.2) is 19.0 Å². The van der Waals surface area contributed by atoms with Crippen molar-refractivity contribution < 1.29 is 4.79 Å². The summed E-state index contributed by atoms with van der Waals surface area (Å²) in [5.74, 6) is -0.0336. The first-order valence-corrected chi connectivity index (χ1v) is 4.89. The van der Waals surface area contributed by atoms with E-state index in [-0.39, 0.29) is 5.91 Å². The second-order valence-electron chi connectivity index (χ2n) is 3.54. The fraction of sp³-hybridized carbons (Fsp3) is 0.364. The highest BCUT2D eigenvalue weighted by Gasteiger charge is 2.22. The highest BCUT2D eigenvalue weighted by molar-refractivity contribution is 5.99. The third kappa shape index (κ3) is 1.87. The second-order valence-corrected chi connectivity index (χ2v) is 3.54. The zero-order valence-corrected chi connectivity index (χ0v) is 8.21. The molecule has 1 aromatic carbocycles. The molecule has 1 fully saturated rings. The molecule has 3 nitrogen and oxygen atoms in total. The Kier molecular flexibility index (Phi) is 2.39. The quantitative estimate of drug-likeness (QED) is 0.760. The summed E-state index contributed by atoms with van der Waals surface area (Å²) in [6, 6.07) is 8.17. The zero-order valence-electron chi connectivity index (χ0n) is 8.21. The molecular formula is C11H14N2O. The lowest BCUT2D eigenvalue weighted by Gasteiger charge is -2.09. The highest BCUT2D eigenvalue weighted by atomic mass is 16.1. The molecule has 2 N–H and O–H groups in total. The summed E-state index contributed by atoms with van der Waals surface area (Å²) in [4.78, 5) is 11.5. The van der Waals surface area contributed by atoms with E-state index in [9.17, 15) is 4.79 Å². The number of anilines is 1. The first-order chi connectivity index (χ1) is 6.81. The number of para-hydroxylation sites is 1. The summed E-state index contributed by atoms with van der Waals surface area (Å²) in [5, 5.41) is 5.98. The van der Waals surface area contributed by atoms with Crippen molar-refractivity contribution >= 4 is 11.6 Å². The number of carbonyl (C=O) groups is 1. The minimum Gasteiger partial charge on any atom is -0.382 e. The van der Waals surface area contributed by atoms with Crippen molar-refractivity contribution in [3.05, 3.63) is 29.8 Å². The molecule has 0 aliphatic heterocycles. The van der Waals surface area contributed by atoms with Crippen LogP contribution in [0.1, 0.15) is 23.2 Å². The van der Waals surface area contributed by atoms with Crippen LogP contribution in [0.2, 0.25) is 0 Å². The summed E-state index contributed by atoms with van der Waals surface area (Å²) in [5.41, 5.74) is 1.66. The SMILES string of the molecule is CNC(=O)c1ccccc1NC1CC1. The van der Waals surface area contributed by atoms with Gasteiger partial charge < -0.3 is 10.6 Å². The van der Waals surface area contributed by atoms with Crippen LogP contribution in [-0.2, 0) is 0 Å². The molecule has 1 aliphatic carbocycles. The molecule has 0 spiro atoms. The predicted molar refractivity (Wildman–Crippen MR) is 56.5 cm³/mol. The van der Waals surface area contributed by atoms with Gasteiger partial charge in [-0.25, -0.2) is 0 Å². The number of hydrogen-bond donors (Lipinski definition) is 2. The van der Waals surface area contributed by atoms with Crippen molar-refractivity contribution in [3.8, 4) is 0 Å². The van der Waals surface area contributed by atoms with E-state index in [4.69, 9.17) is 0 Å². The number of nitrogens with one attached hydrogen (secondary N) is 2. The van der Waals surface area contributed by atoms with Crippen molar-refractivity contribution in [2.24, 2.45) is 0 Å². The fourth-order valence-electron chi connectivity index (χ4n) is 1.39. The maximum Gasteiger partial charge on any atom is 0.253 e. The Morgan fingerprint density at radius 3 is 2.71 bits per heavy atom.